The van der Waals surface area contributed by atoms with Gasteiger partial charge in [-0.1, -0.05) is 30.3 Å². The normalized spacial score (nSPS) is 19.7. The molecule has 0 spiro atoms. The molecule has 0 radical (unpaired) electrons. The van der Waals surface area contributed by atoms with Crippen molar-refractivity contribution in [1.82, 2.24) is 5.32 Å². The molecule has 0 aliphatic carbocycles. The summed E-state index contributed by atoms with van der Waals surface area (Å²) in [5.41, 5.74) is 0.746. The Morgan fingerprint density at radius 2 is 2.00 bits per heavy atom. The third kappa shape index (κ3) is 5.83. The van der Waals surface area contributed by atoms with Crippen LogP contribution in [0.5, 0.6) is 0 Å². The van der Waals surface area contributed by atoms with Crippen LogP contribution >= 0.6 is 0 Å². The Morgan fingerprint density at radius 3 is 2.67 bits per heavy atom. The number of carbonyl (C=O) groups excluding carboxylic acids is 2. The lowest BCUT2D eigenvalue weighted by atomic mass is 10.1. The lowest BCUT2D eigenvalue weighted by molar-refractivity contribution is -0.142. The van der Waals surface area contributed by atoms with Crippen LogP contribution in [0.4, 0.5) is 4.79 Å². The van der Waals surface area contributed by atoms with Gasteiger partial charge in [-0.2, -0.15) is 0 Å². The summed E-state index contributed by atoms with van der Waals surface area (Å²) in [5, 5.41) is 2.35. The van der Waals surface area contributed by atoms with Crippen LogP contribution in [0.3, 0.4) is 0 Å². The van der Waals surface area contributed by atoms with E-state index in [0.29, 0.717) is 13.0 Å². The fourth-order valence-corrected chi connectivity index (χ4v) is 1.62. The highest BCUT2D eigenvalue weighted by atomic mass is 16.6. The third-order valence-corrected chi connectivity index (χ3v) is 3.12. The molecule has 0 aromatic heterocycles. The average Bonchev–Trinajstić information content (AvgIpc) is 3.22. The van der Waals surface area contributed by atoms with E-state index in [4.69, 9.17) is 14.2 Å². The first-order valence-electron chi connectivity index (χ1n) is 6.82. The van der Waals surface area contributed by atoms with Crippen molar-refractivity contribution in [3.05, 3.63) is 35.9 Å². The maximum Gasteiger partial charge on any atom is 0.407 e. The summed E-state index contributed by atoms with van der Waals surface area (Å²) in [5.74, 6) is -0.490. The molecule has 1 N–H and O–H groups in total. The van der Waals surface area contributed by atoms with Gasteiger partial charge in [-0.15, -0.1) is 0 Å². The average molecular weight is 293 g/mol. The molecule has 114 valence electrons. The molecule has 6 nitrogen and oxygen atoms in total. The summed E-state index contributed by atoms with van der Waals surface area (Å²) in [6.45, 7) is 2.91. The lowest BCUT2D eigenvalue weighted by Gasteiger charge is -2.08. The summed E-state index contributed by atoms with van der Waals surface area (Å²) < 4.78 is 15.1. The molecule has 2 rings (SSSR count). The molecule has 0 saturated carbocycles. The Labute approximate surface area is 123 Å². The van der Waals surface area contributed by atoms with E-state index in [-0.39, 0.29) is 25.4 Å². The van der Waals surface area contributed by atoms with Gasteiger partial charge in [-0.3, -0.25) is 4.79 Å². The van der Waals surface area contributed by atoms with Crippen LogP contribution in [0.25, 0.3) is 0 Å². The maximum atomic E-state index is 11.4. The minimum Gasteiger partial charge on any atom is -0.464 e. The van der Waals surface area contributed by atoms with Crippen molar-refractivity contribution in [2.45, 2.75) is 25.6 Å². The predicted molar refractivity (Wildman–Crippen MR) is 74.6 cm³/mol. The first kappa shape index (κ1) is 15.3. The molecule has 1 aromatic carbocycles. The van der Waals surface area contributed by atoms with E-state index in [1.54, 1.807) is 0 Å². The Morgan fingerprint density at radius 1 is 1.29 bits per heavy atom. The van der Waals surface area contributed by atoms with E-state index in [9.17, 15) is 9.59 Å². The maximum absolute atomic E-state index is 11.4. The topological polar surface area (TPSA) is 77.2 Å². The second-order valence-corrected chi connectivity index (χ2v) is 5.12. The van der Waals surface area contributed by atoms with E-state index in [2.05, 4.69) is 5.32 Å². The number of rotatable bonds is 7. The predicted octanol–water partition coefficient (Wildman–Crippen LogP) is 1.64. The lowest BCUT2D eigenvalue weighted by Crippen LogP contribution is -2.31. The van der Waals surface area contributed by atoms with Crippen molar-refractivity contribution in [1.29, 1.82) is 0 Å². The molecule has 1 atom stereocenters. The third-order valence-electron chi connectivity index (χ3n) is 3.12. The molecule has 1 aliphatic heterocycles. The highest BCUT2D eigenvalue weighted by Crippen LogP contribution is 2.29. The van der Waals surface area contributed by atoms with E-state index in [1.165, 1.54) is 0 Å². The summed E-state index contributed by atoms with van der Waals surface area (Å²) in [6.07, 6.45) is 0.0188. The van der Waals surface area contributed by atoms with Gasteiger partial charge in [0.25, 0.3) is 0 Å². The van der Waals surface area contributed by atoms with Crippen LogP contribution in [0.1, 0.15) is 18.9 Å². The van der Waals surface area contributed by atoms with E-state index in [1.807, 2.05) is 37.3 Å². The minimum absolute atomic E-state index is 0.137. The minimum atomic E-state index is -0.645. The van der Waals surface area contributed by atoms with Gasteiger partial charge in [0.15, 0.2) is 0 Å². The highest BCUT2D eigenvalue weighted by Gasteiger charge is 2.38. The van der Waals surface area contributed by atoms with Gasteiger partial charge in [0, 0.05) is 6.42 Å². The zero-order chi connectivity index (χ0) is 15.1. The van der Waals surface area contributed by atoms with Gasteiger partial charge in [-0.25, -0.2) is 4.79 Å². The molecule has 1 fully saturated rings. The number of epoxide rings is 1. The summed E-state index contributed by atoms with van der Waals surface area (Å²) in [7, 11) is 0. The molecular formula is C15H19NO5. The number of alkyl carbamates (subject to hydrolysis) is 1. The molecule has 1 aromatic rings. The van der Waals surface area contributed by atoms with Gasteiger partial charge in [0.1, 0.15) is 13.2 Å². The second kappa shape index (κ2) is 7.08. The van der Waals surface area contributed by atoms with E-state index >= 15 is 0 Å². The van der Waals surface area contributed by atoms with Gasteiger partial charge < -0.3 is 19.5 Å². The number of esters is 1. The molecule has 6 heteroatoms. The summed E-state index contributed by atoms with van der Waals surface area (Å²) >= 11 is 0. The number of hydrogen-bond donors (Lipinski definition) is 1. The molecule has 1 heterocycles. The standard InChI is InChI=1S/C15H19NO5/c1-15(11-21-15)7-8-19-13(17)9-16-14(18)20-10-12-5-3-2-4-6-12/h2-6H,7-11H2,1H3,(H,16,18). The van der Waals surface area contributed by atoms with Crippen molar-refractivity contribution >= 4 is 12.1 Å². The SMILES string of the molecule is CC1(CCOC(=O)CNC(=O)OCc2ccccc2)CO1. The highest BCUT2D eigenvalue weighted by molar-refractivity contribution is 5.77. The molecule has 1 aliphatic rings. The molecule has 1 unspecified atom stereocenters. The van der Waals surface area contributed by atoms with Gasteiger partial charge in [0.05, 0.1) is 18.8 Å². The molecule has 21 heavy (non-hydrogen) atoms. The Bertz CT molecular complexity index is 484. The van der Waals surface area contributed by atoms with E-state index in [0.717, 1.165) is 5.56 Å². The largest absolute Gasteiger partial charge is 0.464 e. The molecule has 1 amide bonds. The fourth-order valence-electron chi connectivity index (χ4n) is 1.62. The Kier molecular flexibility index (Phi) is 5.16. The first-order valence-corrected chi connectivity index (χ1v) is 6.82. The zero-order valence-corrected chi connectivity index (χ0v) is 12.0. The quantitative estimate of drug-likeness (QED) is 0.611. The van der Waals surface area contributed by atoms with Crippen LogP contribution in [-0.4, -0.2) is 37.4 Å². The van der Waals surface area contributed by atoms with Crippen LogP contribution in [0.2, 0.25) is 0 Å². The number of amides is 1. The zero-order valence-electron chi connectivity index (χ0n) is 12.0. The number of carbonyl (C=O) groups is 2. The van der Waals surface area contributed by atoms with Crippen molar-refractivity contribution in [2.75, 3.05) is 19.8 Å². The van der Waals surface area contributed by atoms with Gasteiger partial charge >= 0.3 is 12.1 Å². The smallest absolute Gasteiger partial charge is 0.407 e. The summed E-state index contributed by atoms with van der Waals surface area (Å²) in [6, 6.07) is 9.30. The number of nitrogens with one attached hydrogen (secondary N) is 1. The second-order valence-electron chi connectivity index (χ2n) is 5.12. The number of benzene rings is 1. The monoisotopic (exact) mass is 293 g/mol. The number of hydrogen-bond acceptors (Lipinski definition) is 5. The van der Waals surface area contributed by atoms with Crippen molar-refractivity contribution in [2.24, 2.45) is 0 Å². The van der Waals surface area contributed by atoms with Crippen molar-refractivity contribution in [3.63, 3.8) is 0 Å². The summed E-state index contributed by atoms with van der Waals surface area (Å²) in [4.78, 5) is 22.8. The van der Waals surface area contributed by atoms with Crippen LogP contribution in [0.15, 0.2) is 30.3 Å². The van der Waals surface area contributed by atoms with Crippen LogP contribution in [-0.2, 0) is 25.6 Å². The van der Waals surface area contributed by atoms with Crippen molar-refractivity contribution in [3.8, 4) is 0 Å². The fraction of sp³-hybridized carbons (Fsp3) is 0.467. The molecular weight excluding hydrogens is 274 g/mol. The van der Waals surface area contributed by atoms with Crippen LogP contribution in [0, 0.1) is 0 Å². The van der Waals surface area contributed by atoms with Gasteiger partial charge in [0.2, 0.25) is 0 Å². The Hall–Kier alpha value is -2.08. The van der Waals surface area contributed by atoms with Crippen LogP contribution < -0.4 is 5.32 Å². The van der Waals surface area contributed by atoms with E-state index < -0.39 is 12.1 Å². The first-order chi connectivity index (χ1) is 10.1. The van der Waals surface area contributed by atoms with Gasteiger partial charge in [-0.05, 0) is 12.5 Å². The number of ether oxygens (including phenoxy) is 3. The molecule has 0 bridgehead atoms. The van der Waals surface area contributed by atoms with Crippen molar-refractivity contribution < 1.29 is 23.8 Å². The Balaban J connectivity index is 1.54. The molecule has 1 saturated heterocycles.